The van der Waals surface area contributed by atoms with Gasteiger partial charge in [-0.25, -0.2) is 9.48 Å². The van der Waals surface area contributed by atoms with Crippen LogP contribution in [-0.4, -0.2) is 30.8 Å². The van der Waals surface area contributed by atoms with Gasteiger partial charge in [-0.15, -0.1) is 0 Å². The van der Waals surface area contributed by atoms with Crippen molar-refractivity contribution >= 4 is 28.5 Å². The van der Waals surface area contributed by atoms with Crippen LogP contribution in [0.1, 0.15) is 39.7 Å². The molecule has 0 spiro atoms. The summed E-state index contributed by atoms with van der Waals surface area (Å²) in [5.41, 5.74) is 8.77. The minimum atomic E-state index is -0.975. The van der Waals surface area contributed by atoms with Gasteiger partial charge in [-0.05, 0) is 73.7 Å². The first-order valence-corrected chi connectivity index (χ1v) is 11.9. The van der Waals surface area contributed by atoms with E-state index in [2.05, 4.69) is 15.3 Å². The van der Waals surface area contributed by atoms with E-state index in [1.54, 1.807) is 18.5 Å². The molecule has 0 aliphatic heterocycles. The minimum Gasteiger partial charge on any atom is -0.478 e. The second kappa shape index (κ2) is 9.26. The van der Waals surface area contributed by atoms with Crippen LogP contribution in [0.5, 0.6) is 0 Å². The van der Waals surface area contributed by atoms with Gasteiger partial charge in [0.2, 0.25) is 0 Å². The van der Waals surface area contributed by atoms with Crippen LogP contribution >= 0.6 is 0 Å². The number of aromatic nitrogens is 4. The largest absolute Gasteiger partial charge is 0.478 e. The van der Waals surface area contributed by atoms with Gasteiger partial charge in [-0.2, -0.15) is 5.10 Å². The first-order chi connectivity index (χ1) is 17.4. The lowest BCUT2D eigenvalue weighted by Gasteiger charge is -2.18. The zero-order valence-corrected chi connectivity index (χ0v) is 20.7. The van der Waals surface area contributed by atoms with E-state index < -0.39 is 5.97 Å². The highest BCUT2D eigenvalue weighted by atomic mass is 16.4. The Morgan fingerprint density at radius 3 is 2.42 bits per heavy atom. The number of carboxylic acid groups (broad SMARTS) is 1. The number of fused-ring (bicyclic) bond motifs is 1. The van der Waals surface area contributed by atoms with E-state index in [0.717, 1.165) is 56.7 Å². The number of carbonyl (C=O) groups is 1. The number of anilines is 2. The van der Waals surface area contributed by atoms with Crippen LogP contribution in [0, 0.1) is 20.8 Å². The van der Waals surface area contributed by atoms with Gasteiger partial charge in [0.1, 0.15) is 5.82 Å². The number of hydrogen-bond acceptors (Lipinski definition) is 5. The lowest BCUT2D eigenvalue weighted by Crippen LogP contribution is -2.10. The van der Waals surface area contributed by atoms with E-state index in [1.165, 1.54) is 0 Å². The number of benzene rings is 3. The van der Waals surface area contributed by atoms with E-state index in [9.17, 15) is 9.90 Å². The minimum absolute atomic E-state index is 0.234. The van der Waals surface area contributed by atoms with Crippen molar-refractivity contribution in [3.63, 3.8) is 0 Å². The van der Waals surface area contributed by atoms with Gasteiger partial charge in [-0.1, -0.05) is 37.3 Å². The zero-order chi connectivity index (χ0) is 25.4. The first-order valence-electron chi connectivity index (χ1n) is 11.9. The average molecular weight is 478 g/mol. The Morgan fingerprint density at radius 1 is 0.944 bits per heavy atom. The molecule has 0 bridgehead atoms. The molecule has 0 aliphatic carbocycles. The van der Waals surface area contributed by atoms with Crippen LogP contribution < -0.4 is 5.32 Å². The molecule has 0 saturated carbocycles. The van der Waals surface area contributed by atoms with E-state index in [-0.39, 0.29) is 5.56 Å². The number of para-hydroxylation sites is 1. The van der Waals surface area contributed by atoms with Gasteiger partial charge in [0.15, 0.2) is 0 Å². The van der Waals surface area contributed by atoms with Crippen molar-refractivity contribution in [3.8, 4) is 16.8 Å². The molecular weight excluding hydrogens is 450 g/mol. The zero-order valence-electron chi connectivity index (χ0n) is 20.7. The summed E-state index contributed by atoms with van der Waals surface area (Å²) in [6.07, 6.45) is 4.10. The van der Waals surface area contributed by atoms with Gasteiger partial charge >= 0.3 is 5.97 Å². The smallest absolute Gasteiger partial charge is 0.337 e. The molecule has 7 heteroatoms. The second-order valence-electron chi connectivity index (χ2n) is 8.89. The SMILES string of the molecule is CCc1cc(C)c(Nc2c(-c3ccc4nccnc4c3)c(C)nn2-c2ccccc2C)c(C(=O)O)c1. The second-order valence-corrected chi connectivity index (χ2v) is 8.89. The maximum atomic E-state index is 12.3. The molecule has 0 atom stereocenters. The molecule has 0 radical (unpaired) electrons. The fourth-order valence-electron chi connectivity index (χ4n) is 4.60. The Morgan fingerprint density at radius 2 is 1.69 bits per heavy atom. The highest BCUT2D eigenvalue weighted by Crippen LogP contribution is 2.38. The molecule has 0 saturated heterocycles. The average Bonchev–Trinajstić information content (AvgIpc) is 3.20. The maximum absolute atomic E-state index is 12.3. The lowest BCUT2D eigenvalue weighted by molar-refractivity contribution is 0.0697. The number of nitrogens with zero attached hydrogens (tertiary/aromatic N) is 4. The summed E-state index contributed by atoms with van der Waals surface area (Å²) in [6, 6.07) is 17.7. The lowest BCUT2D eigenvalue weighted by atomic mass is 10.0. The van der Waals surface area contributed by atoms with E-state index >= 15 is 0 Å². The van der Waals surface area contributed by atoms with Gasteiger partial charge in [0, 0.05) is 18.0 Å². The highest BCUT2D eigenvalue weighted by Gasteiger charge is 2.23. The van der Waals surface area contributed by atoms with Gasteiger partial charge in [0.05, 0.1) is 33.7 Å². The first kappa shape index (κ1) is 23.2. The van der Waals surface area contributed by atoms with Crippen LogP contribution in [0.15, 0.2) is 67.0 Å². The molecular formula is C29H27N5O2. The Labute approximate surface area is 209 Å². The van der Waals surface area contributed by atoms with Crippen molar-refractivity contribution in [3.05, 3.63) is 94.9 Å². The van der Waals surface area contributed by atoms with Gasteiger partial charge in [0.25, 0.3) is 0 Å². The number of aromatic carboxylic acids is 1. The number of aryl methyl sites for hydroxylation is 4. The molecule has 0 amide bonds. The summed E-state index contributed by atoms with van der Waals surface area (Å²) >= 11 is 0. The van der Waals surface area contributed by atoms with Crippen LogP contribution in [0.25, 0.3) is 27.8 Å². The molecule has 0 aliphatic rings. The summed E-state index contributed by atoms with van der Waals surface area (Å²) in [4.78, 5) is 21.1. The third-order valence-corrected chi connectivity index (χ3v) is 6.44. The maximum Gasteiger partial charge on any atom is 0.337 e. The molecule has 2 N–H and O–H groups in total. The molecule has 2 heterocycles. The number of rotatable bonds is 6. The summed E-state index contributed by atoms with van der Waals surface area (Å²) in [6.45, 7) is 7.94. The van der Waals surface area contributed by atoms with Crippen LogP contribution in [0.3, 0.4) is 0 Å². The molecule has 0 unspecified atom stereocenters. The quantitative estimate of drug-likeness (QED) is 0.293. The summed E-state index contributed by atoms with van der Waals surface area (Å²) in [5, 5.41) is 18.4. The molecule has 0 fully saturated rings. The topological polar surface area (TPSA) is 92.9 Å². The normalized spacial score (nSPS) is 11.1. The monoisotopic (exact) mass is 477 g/mol. The Kier molecular flexibility index (Phi) is 5.98. The van der Waals surface area contributed by atoms with E-state index in [4.69, 9.17) is 5.10 Å². The van der Waals surface area contributed by atoms with Crippen LogP contribution in [0.2, 0.25) is 0 Å². The fourth-order valence-corrected chi connectivity index (χ4v) is 4.60. The Hall–Kier alpha value is -4.52. The number of carboxylic acids is 1. The molecule has 180 valence electrons. The van der Waals surface area contributed by atoms with Crippen molar-refractivity contribution in [2.45, 2.75) is 34.1 Å². The van der Waals surface area contributed by atoms with E-state index in [1.807, 2.05) is 80.9 Å². The van der Waals surface area contributed by atoms with Gasteiger partial charge in [-0.3, -0.25) is 9.97 Å². The van der Waals surface area contributed by atoms with Crippen molar-refractivity contribution in [1.29, 1.82) is 0 Å². The molecule has 3 aromatic carbocycles. The van der Waals surface area contributed by atoms with Crippen LogP contribution in [-0.2, 0) is 6.42 Å². The summed E-state index contributed by atoms with van der Waals surface area (Å²) < 4.78 is 1.86. The van der Waals surface area contributed by atoms with Crippen LogP contribution in [0.4, 0.5) is 11.5 Å². The van der Waals surface area contributed by atoms with Crippen molar-refractivity contribution in [1.82, 2.24) is 19.7 Å². The third-order valence-electron chi connectivity index (χ3n) is 6.44. The van der Waals surface area contributed by atoms with Gasteiger partial charge < -0.3 is 10.4 Å². The molecule has 2 aromatic heterocycles. The molecule has 36 heavy (non-hydrogen) atoms. The number of hydrogen-bond donors (Lipinski definition) is 2. The number of nitrogens with one attached hydrogen (secondary N) is 1. The fraction of sp³-hybridized carbons (Fsp3) is 0.172. The van der Waals surface area contributed by atoms with E-state index in [0.29, 0.717) is 11.5 Å². The molecule has 5 aromatic rings. The Balaban J connectivity index is 1.77. The summed E-state index contributed by atoms with van der Waals surface area (Å²) in [7, 11) is 0. The molecule has 7 nitrogen and oxygen atoms in total. The molecule has 5 rings (SSSR count). The third kappa shape index (κ3) is 4.09. The summed E-state index contributed by atoms with van der Waals surface area (Å²) in [5.74, 6) is -0.281. The Bertz CT molecular complexity index is 1620. The van der Waals surface area contributed by atoms with Crippen molar-refractivity contribution in [2.24, 2.45) is 0 Å². The van der Waals surface area contributed by atoms with Crippen molar-refractivity contribution in [2.75, 3.05) is 5.32 Å². The van der Waals surface area contributed by atoms with Crippen molar-refractivity contribution < 1.29 is 9.90 Å². The highest BCUT2D eigenvalue weighted by molar-refractivity contribution is 5.98. The predicted octanol–water partition coefficient (Wildman–Crippen LogP) is 6.41. The predicted molar refractivity (Wildman–Crippen MR) is 142 cm³/mol. The standard InChI is InChI=1S/C29H27N5O2/c1-5-20-14-18(3)27(22(15-20)29(35)36)32-28-26(21-10-11-23-24(16-21)31-13-12-30-23)19(4)33-34(28)25-9-7-6-8-17(25)2/h6-16,32H,5H2,1-4H3,(H,35,36).